The highest BCUT2D eigenvalue weighted by molar-refractivity contribution is 14.1. The van der Waals surface area contributed by atoms with E-state index in [-0.39, 0.29) is 0 Å². The zero-order valence-electron chi connectivity index (χ0n) is 7.45. The molecule has 0 aromatic rings. The predicted molar refractivity (Wildman–Crippen MR) is 58.9 cm³/mol. The first kappa shape index (κ1) is 9.30. The summed E-state index contributed by atoms with van der Waals surface area (Å²) in [6.45, 7) is 6.78. The smallest absolute Gasteiger partial charge is 0.0124 e. The van der Waals surface area contributed by atoms with Gasteiger partial charge in [-0.3, -0.25) is 0 Å². The van der Waals surface area contributed by atoms with Crippen LogP contribution in [-0.2, 0) is 0 Å². The molecule has 0 aliphatic heterocycles. The maximum Gasteiger partial charge on any atom is 0.0124 e. The number of hydrogen-bond donors (Lipinski definition) is 0. The molecular weight excluding hydrogens is 247 g/mol. The van der Waals surface area contributed by atoms with Crippen LogP contribution < -0.4 is 0 Å². The number of hydrogen-bond acceptors (Lipinski definition) is 0. The van der Waals surface area contributed by atoms with Crippen LogP contribution in [0.5, 0.6) is 0 Å². The van der Waals surface area contributed by atoms with Crippen molar-refractivity contribution in [3.63, 3.8) is 0 Å². The van der Waals surface area contributed by atoms with Gasteiger partial charge in [0.05, 0.1) is 0 Å². The molecule has 1 heteroatoms. The summed E-state index contributed by atoms with van der Waals surface area (Å²) in [5, 5.41) is 0. The van der Waals surface area contributed by atoms with Crippen molar-refractivity contribution >= 4 is 22.6 Å². The maximum absolute atomic E-state index is 2.45. The Morgan fingerprint density at radius 2 is 2.00 bits per heavy atom. The molecule has 0 saturated carbocycles. The second kappa shape index (κ2) is 3.74. The molecule has 1 aliphatic carbocycles. The van der Waals surface area contributed by atoms with Gasteiger partial charge in [0, 0.05) is 3.58 Å². The molecule has 0 aromatic carbocycles. The largest absolute Gasteiger partial charge is 0.0720 e. The fourth-order valence-electron chi connectivity index (χ4n) is 1.40. The van der Waals surface area contributed by atoms with Gasteiger partial charge in [0.2, 0.25) is 0 Å². The van der Waals surface area contributed by atoms with Gasteiger partial charge in [-0.15, -0.1) is 0 Å². The van der Waals surface area contributed by atoms with Crippen LogP contribution in [0.25, 0.3) is 0 Å². The zero-order valence-corrected chi connectivity index (χ0v) is 9.60. The summed E-state index contributed by atoms with van der Waals surface area (Å²) >= 11 is 2.45. The van der Waals surface area contributed by atoms with Crippen molar-refractivity contribution in [2.75, 3.05) is 0 Å². The van der Waals surface area contributed by atoms with E-state index < -0.39 is 0 Å². The first-order chi connectivity index (χ1) is 5.11. The molecule has 0 radical (unpaired) electrons. The lowest BCUT2D eigenvalue weighted by Gasteiger charge is -2.18. The fourth-order valence-corrected chi connectivity index (χ4v) is 2.82. The van der Waals surface area contributed by atoms with Gasteiger partial charge in [-0.25, -0.2) is 0 Å². The Kier molecular flexibility index (Phi) is 3.16. The molecule has 0 unspecified atom stereocenters. The van der Waals surface area contributed by atoms with E-state index in [4.69, 9.17) is 0 Å². The average molecular weight is 262 g/mol. The monoisotopic (exact) mass is 262 g/mol. The molecule has 62 valence electrons. The molecule has 0 fully saturated rings. The van der Waals surface area contributed by atoms with E-state index in [0.29, 0.717) is 0 Å². The fraction of sp³-hybridized carbons (Fsp3) is 0.600. The maximum atomic E-state index is 2.45. The topological polar surface area (TPSA) is 0 Å². The average Bonchev–Trinajstić information content (AvgIpc) is 1.85. The Balaban J connectivity index is 2.86. The Labute approximate surface area is 82.9 Å². The highest BCUT2D eigenvalue weighted by Gasteiger charge is 2.11. The molecule has 0 nitrogen and oxygen atoms in total. The second-order valence-corrected chi connectivity index (χ2v) is 4.68. The lowest BCUT2D eigenvalue weighted by Crippen LogP contribution is -2.00. The molecule has 0 saturated heterocycles. The summed E-state index contributed by atoms with van der Waals surface area (Å²) in [4.78, 5) is 0. The van der Waals surface area contributed by atoms with Crippen molar-refractivity contribution in [2.24, 2.45) is 5.92 Å². The third-order valence-corrected chi connectivity index (χ3v) is 3.17. The molecular formula is C10H15I. The van der Waals surface area contributed by atoms with Crippen molar-refractivity contribution in [1.82, 2.24) is 0 Å². The summed E-state index contributed by atoms with van der Waals surface area (Å²) < 4.78 is 1.47. The van der Waals surface area contributed by atoms with E-state index >= 15 is 0 Å². The first-order valence-electron chi connectivity index (χ1n) is 4.17. The Hall–Kier alpha value is 0.210. The normalized spacial score (nSPS) is 19.2. The van der Waals surface area contributed by atoms with E-state index in [1.807, 2.05) is 0 Å². The third-order valence-electron chi connectivity index (χ3n) is 2.17. The van der Waals surface area contributed by atoms with Crippen molar-refractivity contribution in [1.29, 1.82) is 0 Å². The van der Waals surface area contributed by atoms with E-state index in [1.54, 1.807) is 5.57 Å². The van der Waals surface area contributed by atoms with Crippen LogP contribution in [0.4, 0.5) is 0 Å². The van der Waals surface area contributed by atoms with Crippen molar-refractivity contribution in [2.45, 2.75) is 33.6 Å². The summed E-state index contributed by atoms with van der Waals surface area (Å²) in [6.07, 6.45) is 4.86. The molecule has 1 aliphatic rings. The number of allylic oxidation sites excluding steroid dienone is 4. The van der Waals surface area contributed by atoms with Crippen molar-refractivity contribution < 1.29 is 0 Å². The van der Waals surface area contributed by atoms with Crippen molar-refractivity contribution in [3.05, 3.63) is 20.8 Å². The lowest BCUT2D eigenvalue weighted by atomic mass is 9.92. The van der Waals surface area contributed by atoms with Crippen LogP contribution in [0, 0.1) is 5.92 Å². The van der Waals surface area contributed by atoms with Gasteiger partial charge in [0.25, 0.3) is 0 Å². The minimum Gasteiger partial charge on any atom is -0.0720 e. The third kappa shape index (κ3) is 2.32. The molecule has 0 aromatic heterocycles. The predicted octanol–water partition coefficient (Wildman–Crippen LogP) is 4.07. The SMILES string of the molecule is CC1=CC(I)=C(C(C)C)CC1. The molecule has 0 heterocycles. The summed E-state index contributed by atoms with van der Waals surface area (Å²) in [5.74, 6) is 0.728. The van der Waals surface area contributed by atoms with Crippen LogP contribution in [-0.4, -0.2) is 0 Å². The van der Waals surface area contributed by atoms with Gasteiger partial charge in [-0.05, 0) is 54.4 Å². The molecule has 0 amide bonds. The standard InChI is InChI=1S/C10H15I/c1-7(2)9-5-4-8(3)6-10(9)11/h6-7H,4-5H2,1-3H3. The Bertz CT molecular complexity index is 209. The lowest BCUT2D eigenvalue weighted by molar-refractivity contribution is 0.699. The zero-order chi connectivity index (χ0) is 8.43. The van der Waals surface area contributed by atoms with Gasteiger partial charge in [-0.1, -0.05) is 25.0 Å². The van der Waals surface area contributed by atoms with Gasteiger partial charge >= 0.3 is 0 Å². The molecule has 1 rings (SSSR count). The summed E-state index contributed by atoms with van der Waals surface area (Å²) in [7, 11) is 0. The van der Waals surface area contributed by atoms with Gasteiger partial charge in [-0.2, -0.15) is 0 Å². The van der Waals surface area contributed by atoms with E-state index in [0.717, 1.165) is 5.92 Å². The molecule has 0 atom stereocenters. The van der Waals surface area contributed by atoms with Gasteiger partial charge < -0.3 is 0 Å². The number of rotatable bonds is 1. The van der Waals surface area contributed by atoms with Crippen LogP contribution in [0.2, 0.25) is 0 Å². The second-order valence-electron chi connectivity index (χ2n) is 3.52. The van der Waals surface area contributed by atoms with E-state index in [9.17, 15) is 0 Å². The minimum atomic E-state index is 0.728. The van der Waals surface area contributed by atoms with Gasteiger partial charge in [0.15, 0.2) is 0 Å². The molecule has 0 spiro atoms. The molecule has 0 N–H and O–H groups in total. The summed E-state index contributed by atoms with van der Waals surface area (Å²) in [5.41, 5.74) is 3.16. The Morgan fingerprint density at radius 3 is 2.45 bits per heavy atom. The van der Waals surface area contributed by atoms with Crippen molar-refractivity contribution in [3.8, 4) is 0 Å². The van der Waals surface area contributed by atoms with E-state index in [2.05, 4.69) is 49.4 Å². The highest BCUT2D eigenvalue weighted by Crippen LogP contribution is 2.32. The minimum absolute atomic E-state index is 0.728. The number of halogens is 1. The molecule has 0 bridgehead atoms. The van der Waals surface area contributed by atoms with Crippen LogP contribution in [0.15, 0.2) is 20.8 Å². The van der Waals surface area contributed by atoms with Crippen LogP contribution >= 0.6 is 22.6 Å². The molecule has 11 heavy (non-hydrogen) atoms. The summed E-state index contributed by atoms with van der Waals surface area (Å²) in [6, 6.07) is 0. The quantitative estimate of drug-likeness (QED) is 0.625. The van der Waals surface area contributed by atoms with Gasteiger partial charge in [0.1, 0.15) is 0 Å². The van der Waals surface area contributed by atoms with E-state index in [1.165, 1.54) is 22.0 Å². The first-order valence-corrected chi connectivity index (χ1v) is 5.25. The van der Waals surface area contributed by atoms with Crippen LogP contribution in [0.1, 0.15) is 33.6 Å². The highest BCUT2D eigenvalue weighted by atomic mass is 127. The van der Waals surface area contributed by atoms with Crippen LogP contribution in [0.3, 0.4) is 0 Å². The Morgan fingerprint density at radius 1 is 1.36 bits per heavy atom.